The second kappa shape index (κ2) is 11.5. The van der Waals surface area contributed by atoms with E-state index in [4.69, 9.17) is 18.4 Å². The summed E-state index contributed by atoms with van der Waals surface area (Å²) in [4.78, 5) is 14.7. The molecule has 0 aliphatic carbocycles. The smallest absolute Gasteiger partial charge is 0.444 e. The number of hydrogen-bond donors (Lipinski definition) is 1. The number of phosphoric ester groups is 1. The Balaban J connectivity index is 1.24. The molecule has 2 heterocycles. The van der Waals surface area contributed by atoms with Crippen LogP contribution in [-0.4, -0.2) is 23.1 Å². The molecule has 8 nitrogen and oxygen atoms in total. The number of hydrogen-bond acceptors (Lipinski definition) is 7. The predicted molar refractivity (Wildman–Crippen MR) is 178 cm³/mol. The molecular weight excluding hydrogens is 655 g/mol. The zero-order valence-corrected chi connectivity index (χ0v) is 27.6. The molecule has 0 saturated heterocycles. The van der Waals surface area contributed by atoms with Gasteiger partial charge in [-0.3, -0.25) is 0 Å². The first-order chi connectivity index (χ1) is 21.6. The van der Waals surface area contributed by atoms with Crippen molar-refractivity contribution in [1.82, 2.24) is 10.4 Å². The summed E-state index contributed by atoms with van der Waals surface area (Å²) in [6, 6.07) is 29.0. The third kappa shape index (κ3) is 5.93. The van der Waals surface area contributed by atoms with E-state index in [1.54, 1.807) is 4.90 Å². The van der Waals surface area contributed by atoms with E-state index in [2.05, 4.69) is 21.4 Å². The van der Waals surface area contributed by atoms with Crippen molar-refractivity contribution in [2.24, 2.45) is 0 Å². The summed E-state index contributed by atoms with van der Waals surface area (Å²) in [7, 11) is -4.27. The number of halogens is 1. The Kier molecular flexibility index (Phi) is 7.61. The quantitative estimate of drug-likeness (QED) is 0.149. The molecule has 5 aromatic rings. The Morgan fingerprint density at radius 1 is 0.889 bits per heavy atom. The highest BCUT2D eigenvalue weighted by Gasteiger charge is 2.39. The molecule has 230 valence electrons. The average molecular weight is 688 g/mol. The molecular formula is C35H32BrN2O6P. The molecule has 10 heteroatoms. The van der Waals surface area contributed by atoms with Crippen LogP contribution in [0.25, 0.3) is 32.7 Å². The van der Waals surface area contributed by atoms with Crippen LogP contribution in [0.5, 0.6) is 11.5 Å². The molecule has 0 saturated carbocycles. The fraction of sp³-hybridized carbons (Fsp3) is 0.229. The third-order valence-electron chi connectivity index (χ3n) is 7.94. The van der Waals surface area contributed by atoms with Crippen LogP contribution in [0.4, 0.5) is 4.79 Å². The molecule has 7 rings (SSSR count). The van der Waals surface area contributed by atoms with Crippen LogP contribution in [0.15, 0.2) is 95.5 Å². The highest BCUT2D eigenvalue weighted by atomic mass is 79.9. The number of benzene rings is 5. The highest BCUT2D eigenvalue weighted by molar-refractivity contribution is 9.10. The van der Waals surface area contributed by atoms with Crippen molar-refractivity contribution in [2.45, 2.75) is 45.4 Å². The number of ether oxygens (including phenoxy) is 1. The molecule has 0 aromatic heterocycles. The molecule has 1 N–H and O–H groups in total. The molecule has 0 radical (unpaired) electrons. The van der Waals surface area contributed by atoms with Crippen LogP contribution < -0.4 is 14.5 Å². The maximum Gasteiger partial charge on any atom is 0.604 e. The Morgan fingerprint density at radius 3 is 2.09 bits per heavy atom. The van der Waals surface area contributed by atoms with Crippen molar-refractivity contribution in [1.29, 1.82) is 0 Å². The van der Waals surface area contributed by atoms with E-state index in [-0.39, 0.29) is 0 Å². The van der Waals surface area contributed by atoms with Gasteiger partial charge in [-0.05, 0) is 84.1 Å². The lowest BCUT2D eigenvalue weighted by Crippen LogP contribution is -2.36. The first-order valence-corrected chi connectivity index (χ1v) is 17.1. The number of hydroxylamine groups is 1. The Bertz CT molecular complexity index is 1920. The van der Waals surface area contributed by atoms with Crippen LogP contribution in [0.1, 0.15) is 44.4 Å². The number of carbonyl (C=O) groups excluding carboxylic acids is 1. The SMILES string of the molecule is CC(C)(C)OC(=O)N1CC[C@@H](NOP2(=O)Oc3ccc4ccccc4c3-c3c(ccc4ccccc34)O2)c2ccc(Br)cc2C1. The summed E-state index contributed by atoms with van der Waals surface area (Å²) in [5.41, 5.74) is 5.78. The van der Waals surface area contributed by atoms with Crippen LogP contribution in [-0.2, 0) is 20.5 Å². The van der Waals surface area contributed by atoms with Crippen molar-refractivity contribution in [3.63, 3.8) is 0 Å². The minimum Gasteiger partial charge on any atom is -0.444 e. The average Bonchev–Trinajstić information content (AvgIpc) is 3.26. The van der Waals surface area contributed by atoms with Crippen LogP contribution >= 0.6 is 23.8 Å². The van der Waals surface area contributed by atoms with Crippen LogP contribution in [0.2, 0.25) is 0 Å². The van der Waals surface area contributed by atoms with Crippen molar-refractivity contribution >= 4 is 51.4 Å². The lowest BCUT2D eigenvalue weighted by molar-refractivity contribution is 0.0223. The number of nitrogens with zero attached hydrogens (tertiary/aromatic N) is 1. The van der Waals surface area contributed by atoms with E-state index in [9.17, 15) is 9.36 Å². The van der Waals surface area contributed by atoms with Gasteiger partial charge < -0.3 is 18.7 Å². The monoisotopic (exact) mass is 686 g/mol. The number of phosphoric acid groups is 1. The van der Waals surface area contributed by atoms with Gasteiger partial charge in [-0.25, -0.2) is 9.36 Å². The van der Waals surface area contributed by atoms with Gasteiger partial charge in [0.25, 0.3) is 0 Å². The van der Waals surface area contributed by atoms with E-state index in [1.807, 2.05) is 112 Å². The van der Waals surface area contributed by atoms with Crippen molar-refractivity contribution in [3.05, 3.63) is 107 Å². The summed E-state index contributed by atoms with van der Waals surface area (Å²) in [5.74, 6) is 0.797. The van der Waals surface area contributed by atoms with Gasteiger partial charge in [0.05, 0.1) is 6.04 Å². The van der Waals surface area contributed by atoms with Gasteiger partial charge in [-0.15, -0.1) is 0 Å². The van der Waals surface area contributed by atoms with Gasteiger partial charge in [0.15, 0.2) is 0 Å². The molecule has 5 aromatic carbocycles. The number of rotatable bonds is 3. The van der Waals surface area contributed by atoms with Gasteiger partial charge in [0.2, 0.25) is 0 Å². The third-order valence-corrected chi connectivity index (χ3v) is 9.60. The fourth-order valence-electron chi connectivity index (χ4n) is 5.98. The normalized spacial score (nSPS) is 17.2. The molecule has 0 spiro atoms. The Hall–Kier alpha value is -3.88. The zero-order chi connectivity index (χ0) is 31.3. The lowest BCUT2D eigenvalue weighted by Gasteiger charge is -2.26. The molecule has 45 heavy (non-hydrogen) atoms. The zero-order valence-electron chi connectivity index (χ0n) is 25.1. The summed E-state index contributed by atoms with van der Waals surface area (Å²) in [5, 5.41) is 3.93. The van der Waals surface area contributed by atoms with Crippen molar-refractivity contribution < 1.29 is 27.8 Å². The summed E-state index contributed by atoms with van der Waals surface area (Å²) in [6.07, 6.45) is 0.0713. The van der Waals surface area contributed by atoms with E-state index < -0.39 is 25.6 Å². The maximum atomic E-state index is 14.5. The molecule has 1 amide bonds. The summed E-state index contributed by atoms with van der Waals surface area (Å²) >= 11 is 3.55. The van der Waals surface area contributed by atoms with Gasteiger partial charge >= 0.3 is 13.9 Å². The number of carbonyl (C=O) groups is 1. The first kappa shape index (κ1) is 29.8. The second-order valence-electron chi connectivity index (χ2n) is 12.2. The number of amides is 1. The summed E-state index contributed by atoms with van der Waals surface area (Å²) in [6.45, 7) is 6.28. The highest BCUT2D eigenvalue weighted by Crippen LogP contribution is 2.59. The van der Waals surface area contributed by atoms with E-state index in [1.165, 1.54) is 0 Å². The largest absolute Gasteiger partial charge is 0.604 e. The molecule has 0 unspecified atom stereocenters. The maximum absolute atomic E-state index is 14.5. The van der Waals surface area contributed by atoms with Gasteiger partial charge in [0.1, 0.15) is 17.1 Å². The van der Waals surface area contributed by atoms with Crippen molar-refractivity contribution in [3.8, 4) is 22.6 Å². The minimum atomic E-state index is -4.27. The topological polar surface area (TPSA) is 86.3 Å². The van der Waals surface area contributed by atoms with E-state index in [0.717, 1.165) is 48.3 Å². The summed E-state index contributed by atoms with van der Waals surface area (Å²) < 4.78 is 39.3. The Morgan fingerprint density at radius 2 is 1.49 bits per heavy atom. The molecule has 0 fully saturated rings. The standard InChI is InChI=1S/C35H32BrN2O6P/c1-35(2,3)41-34(39)38-19-18-29(26-15-14-25(36)20-24(26)21-38)37-44-45(40)42-30-16-12-22-8-4-6-10-27(22)32(30)33-28-11-7-5-9-23(28)13-17-31(33)43-45/h4-17,20,29,37H,18-19,21H2,1-3H3/t29-/m1/s1. The van der Waals surface area contributed by atoms with Crippen LogP contribution in [0.3, 0.4) is 0 Å². The van der Waals surface area contributed by atoms with Gasteiger partial charge in [0, 0.05) is 28.7 Å². The number of nitrogens with one attached hydrogen (secondary N) is 1. The molecule has 0 bridgehead atoms. The second-order valence-corrected chi connectivity index (χ2v) is 14.6. The number of fused-ring (bicyclic) bond motifs is 8. The molecule has 2 aliphatic heterocycles. The van der Waals surface area contributed by atoms with Gasteiger partial charge in [-0.2, -0.15) is 10.1 Å². The lowest BCUT2D eigenvalue weighted by atomic mass is 9.92. The first-order valence-electron chi connectivity index (χ1n) is 14.8. The van der Waals surface area contributed by atoms with E-state index >= 15 is 0 Å². The predicted octanol–water partition coefficient (Wildman–Crippen LogP) is 9.71. The Labute approximate surface area is 269 Å². The van der Waals surface area contributed by atoms with Gasteiger partial charge in [-0.1, -0.05) is 82.7 Å². The van der Waals surface area contributed by atoms with E-state index in [0.29, 0.717) is 31.0 Å². The van der Waals surface area contributed by atoms with Crippen LogP contribution in [0, 0.1) is 0 Å². The molecule has 2 aliphatic rings. The fourth-order valence-corrected chi connectivity index (χ4v) is 7.54. The minimum absolute atomic E-state index is 0.355. The molecule has 1 atom stereocenters. The van der Waals surface area contributed by atoms with Crippen molar-refractivity contribution in [2.75, 3.05) is 6.54 Å².